The zero-order valence-electron chi connectivity index (χ0n) is 14.1. The molecule has 0 radical (unpaired) electrons. The molecule has 0 saturated heterocycles. The van der Waals surface area contributed by atoms with Crippen LogP contribution in [0.2, 0.25) is 0 Å². The van der Waals surface area contributed by atoms with E-state index in [1.54, 1.807) is 37.3 Å². The Bertz CT molecular complexity index is 937. The van der Waals surface area contributed by atoms with Crippen LogP contribution in [0.1, 0.15) is 36.6 Å². The Morgan fingerprint density at radius 1 is 1.23 bits per heavy atom. The molecule has 1 atom stereocenters. The summed E-state index contributed by atoms with van der Waals surface area (Å²) in [6.07, 6.45) is -4.01. The van der Waals surface area contributed by atoms with Crippen LogP contribution in [0.15, 0.2) is 36.4 Å². The molecule has 0 aliphatic rings. The summed E-state index contributed by atoms with van der Waals surface area (Å²) in [5, 5.41) is 6.34. The van der Waals surface area contributed by atoms with Crippen LogP contribution in [0.3, 0.4) is 0 Å². The molecule has 0 aliphatic heterocycles. The number of carbonyl (C=O) groups excluding carboxylic acids is 1. The zero-order chi connectivity index (χ0) is 18.9. The van der Waals surface area contributed by atoms with Crippen molar-refractivity contribution >= 4 is 11.7 Å². The van der Waals surface area contributed by atoms with Gasteiger partial charge >= 0.3 is 6.18 Å². The second kappa shape index (κ2) is 6.74. The number of alkyl halides is 3. The van der Waals surface area contributed by atoms with Gasteiger partial charge in [-0.05, 0) is 19.4 Å². The normalized spacial score (nSPS) is 13.0. The van der Waals surface area contributed by atoms with Crippen molar-refractivity contribution in [1.82, 2.24) is 24.9 Å². The highest BCUT2D eigenvalue weighted by atomic mass is 19.4. The lowest BCUT2D eigenvalue weighted by molar-refractivity contribution is -0.142. The van der Waals surface area contributed by atoms with Crippen LogP contribution in [0.5, 0.6) is 0 Å². The fourth-order valence-corrected chi connectivity index (χ4v) is 2.31. The van der Waals surface area contributed by atoms with Crippen molar-refractivity contribution in [1.29, 1.82) is 0 Å². The third-order valence-corrected chi connectivity index (χ3v) is 3.87. The van der Waals surface area contributed by atoms with Crippen LogP contribution in [0.25, 0.3) is 17.0 Å². The molecule has 0 bridgehead atoms. The van der Waals surface area contributed by atoms with E-state index in [1.807, 2.05) is 6.92 Å². The minimum Gasteiger partial charge on any atom is -0.347 e. The molecule has 0 unspecified atom stereocenters. The van der Waals surface area contributed by atoms with Gasteiger partial charge in [0.1, 0.15) is 0 Å². The first-order valence-corrected chi connectivity index (χ1v) is 8.01. The topological polar surface area (TPSA) is 72.2 Å². The van der Waals surface area contributed by atoms with E-state index in [2.05, 4.69) is 20.4 Å². The van der Waals surface area contributed by atoms with Crippen molar-refractivity contribution < 1.29 is 18.0 Å². The predicted octanol–water partition coefficient (Wildman–Crippen LogP) is 3.34. The van der Waals surface area contributed by atoms with Gasteiger partial charge in [0, 0.05) is 11.6 Å². The number of fused-ring (bicyclic) bond motifs is 1. The largest absolute Gasteiger partial charge is 0.433 e. The first-order chi connectivity index (χ1) is 12.3. The maximum absolute atomic E-state index is 13.5. The Kier molecular flexibility index (Phi) is 4.62. The van der Waals surface area contributed by atoms with Crippen molar-refractivity contribution in [3.8, 4) is 11.3 Å². The van der Waals surface area contributed by atoms with Gasteiger partial charge < -0.3 is 5.32 Å². The van der Waals surface area contributed by atoms with E-state index in [0.29, 0.717) is 16.5 Å². The minimum atomic E-state index is -4.68. The number of amides is 1. The molecule has 6 nitrogen and oxygen atoms in total. The Morgan fingerprint density at radius 3 is 2.54 bits per heavy atom. The second-order valence-electron chi connectivity index (χ2n) is 5.82. The smallest absolute Gasteiger partial charge is 0.347 e. The third kappa shape index (κ3) is 3.51. The van der Waals surface area contributed by atoms with Gasteiger partial charge in [0.2, 0.25) is 5.82 Å². The summed E-state index contributed by atoms with van der Waals surface area (Å²) in [4.78, 5) is 20.2. The standard InChI is InChI=1S/C17H16F3N5O/c1-3-10(2)21-15(26)14-23-16-22-12(11-7-5-4-6-8-11)9-13(17(18,19)20)25(16)24-14/h4-10H,3H2,1-2H3,(H,21,26)/t10-/m0/s1. The minimum absolute atomic E-state index is 0.103. The fourth-order valence-electron chi connectivity index (χ4n) is 2.31. The Labute approximate surface area is 147 Å². The average Bonchev–Trinajstić information content (AvgIpc) is 3.04. The molecular formula is C17H16F3N5O. The third-order valence-electron chi connectivity index (χ3n) is 3.87. The van der Waals surface area contributed by atoms with Crippen molar-refractivity contribution in [2.45, 2.75) is 32.5 Å². The monoisotopic (exact) mass is 363 g/mol. The van der Waals surface area contributed by atoms with E-state index in [-0.39, 0.29) is 23.3 Å². The molecule has 0 spiro atoms. The van der Waals surface area contributed by atoms with Crippen LogP contribution in [-0.2, 0) is 6.18 Å². The predicted molar refractivity (Wildman–Crippen MR) is 88.4 cm³/mol. The summed E-state index contributed by atoms with van der Waals surface area (Å²) in [5.74, 6) is -1.28. The van der Waals surface area contributed by atoms with Crippen LogP contribution in [0.4, 0.5) is 13.2 Å². The maximum atomic E-state index is 13.5. The molecule has 26 heavy (non-hydrogen) atoms. The lowest BCUT2D eigenvalue weighted by atomic mass is 10.1. The number of benzene rings is 1. The molecular weight excluding hydrogens is 347 g/mol. The number of carbonyl (C=O) groups is 1. The van der Waals surface area contributed by atoms with Crippen molar-refractivity contribution in [2.75, 3.05) is 0 Å². The summed E-state index contributed by atoms with van der Waals surface area (Å²) >= 11 is 0. The van der Waals surface area contributed by atoms with E-state index in [4.69, 9.17) is 0 Å². The van der Waals surface area contributed by atoms with E-state index in [9.17, 15) is 18.0 Å². The number of aromatic nitrogens is 4. The van der Waals surface area contributed by atoms with Gasteiger partial charge in [0.25, 0.3) is 11.7 Å². The maximum Gasteiger partial charge on any atom is 0.433 e. The van der Waals surface area contributed by atoms with Gasteiger partial charge in [0.15, 0.2) is 5.69 Å². The summed E-state index contributed by atoms with van der Waals surface area (Å²) in [6.45, 7) is 3.65. The molecule has 1 aromatic carbocycles. The molecule has 0 saturated carbocycles. The molecule has 0 aliphatic carbocycles. The van der Waals surface area contributed by atoms with E-state index < -0.39 is 17.8 Å². The molecule has 136 valence electrons. The Hall–Kier alpha value is -2.97. The number of nitrogens with zero attached hydrogens (tertiary/aromatic N) is 4. The number of rotatable bonds is 4. The lowest BCUT2D eigenvalue weighted by Gasteiger charge is -2.10. The molecule has 2 heterocycles. The summed E-state index contributed by atoms with van der Waals surface area (Å²) in [7, 11) is 0. The van der Waals surface area contributed by atoms with Gasteiger partial charge in [-0.1, -0.05) is 37.3 Å². The Balaban J connectivity index is 2.13. The van der Waals surface area contributed by atoms with Crippen LogP contribution in [0, 0.1) is 0 Å². The first kappa shape index (κ1) is 17.8. The second-order valence-corrected chi connectivity index (χ2v) is 5.82. The average molecular weight is 363 g/mol. The first-order valence-electron chi connectivity index (χ1n) is 8.01. The van der Waals surface area contributed by atoms with E-state index in [0.717, 1.165) is 6.07 Å². The molecule has 9 heteroatoms. The number of halogens is 3. The highest BCUT2D eigenvalue weighted by Gasteiger charge is 2.36. The lowest BCUT2D eigenvalue weighted by Crippen LogP contribution is -2.32. The van der Waals surface area contributed by atoms with E-state index >= 15 is 0 Å². The summed E-state index contributed by atoms with van der Waals surface area (Å²) < 4.78 is 41.0. The molecule has 3 rings (SSSR count). The van der Waals surface area contributed by atoms with Gasteiger partial charge in [0.05, 0.1) is 5.69 Å². The van der Waals surface area contributed by atoms with Crippen molar-refractivity contribution in [2.24, 2.45) is 0 Å². The van der Waals surface area contributed by atoms with Crippen molar-refractivity contribution in [3.63, 3.8) is 0 Å². The molecule has 1 N–H and O–H groups in total. The molecule has 0 fully saturated rings. The van der Waals surface area contributed by atoms with Gasteiger partial charge in [-0.2, -0.15) is 22.7 Å². The van der Waals surface area contributed by atoms with Gasteiger partial charge in [-0.25, -0.2) is 4.98 Å². The highest BCUT2D eigenvalue weighted by molar-refractivity contribution is 5.91. The fraction of sp³-hybridized carbons (Fsp3) is 0.294. The molecule has 3 aromatic rings. The number of hydrogen-bond acceptors (Lipinski definition) is 4. The van der Waals surface area contributed by atoms with Crippen LogP contribution >= 0.6 is 0 Å². The SMILES string of the molecule is CC[C@H](C)NC(=O)c1nc2nc(-c3ccccc3)cc(C(F)(F)F)n2n1. The number of hydrogen-bond donors (Lipinski definition) is 1. The number of nitrogens with one attached hydrogen (secondary N) is 1. The van der Waals surface area contributed by atoms with Gasteiger partial charge in [-0.15, -0.1) is 5.10 Å². The Morgan fingerprint density at radius 2 is 1.92 bits per heavy atom. The zero-order valence-corrected chi connectivity index (χ0v) is 14.1. The highest BCUT2D eigenvalue weighted by Crippen LogP contribution is 2.31. The van der Waals surface area contributed by atoms with Crippen molar-refractivity contribution in [3.05, 3.63) is 47.9 Å². The summed E-state index contributed by atoms with van der Waals surface area (Å²) in [5.41, 5.74) is -0.433. The van der Waals surface area contributed by atoms with Crippen LogP contribution < -0.4 is 5.32 Å². The van der Waals surface area contributed by atoms with Crippen LogP contribution in [-0.4, -0.2) is 31.5 Å². The van der Waals surface area contributed by atoms with E-state index in [1.165, 1.54) is 0 Å². The summed E-state index contributed by atoms with van der Waals surface area (Å²) in [6, 6.07) is 9.18. The molecule has 2 aromatic heterocycles. The van der Waals surface area contributed by atoms with Gasteiger partial charge in [-0.3, -0.25) is 4.79 Å². The quantitative estimate of drug-likeness (QED) is 0.772. The molecule has 1 amide bonds.